The summed E-state index contributed by atoms with van der Waals surface area (Å²) in [6, 6.07) is 15.8. The number of carbonyl (C=O) groups is 2. The van der Waals surface area contributed by atoms with E-state index in [0.29, 0.717) is 30.3 Å². The van der Waals surface area contributed by atoms with E-state index < -0.39 is 0 Å². The summed E-state index contributed by atoms with van der Waals surface area (Å²) in [5.41, 5.74) is 2.76. The molecule has 0 N–H and O–H groups in total. The Hall–Kier alpha value is -3.67. The van der Waals surface area contributed by atoms with Crippen molar-refractivity contribution in [2.24, 2.45) is 5.92 Å². The zero-order valence-corrected chi connectivity index (χ0v) is 19.8. The van der Waals surface area contributed by atoms with Crippen LogP contribution < -0.4 is 0 Å². The van der Waals surface area contributed by atoms with Gasteiger partial charge in [-0.25, -0.2) is 0 Å². The highest BCUT2D eigenvalue weighted by molar-refractivity contribution is 5.95. The van der Waals surface area contributed by atoms with E-state index in [1.54, 1.807) is 30.8 Å². The quantitative estimate of drug-likeness (QED) is 0.486. The predicted octanol–water partition coefficient (Wildman–Crippen LogP) is 4.62. The number of rotatable bonds is 7. The lowest BCUT2D eigenvalue weighted by Gasteiger charge is -2.40. The summed E-state index contributed by atoms with van der Waals surface area (Å²) in [5, 5.41) is 0. The molecule has 176 valence electrons. The number of carbonyl (C=O) groups excluding carboxylic acids is 2. The molecule has 2 amide bonds. The number of hydrogen-bond donors (Lipinski definition) is 0. The first kappa shape index (κ1) is 23.5. The maximum Gasteiger partial charge on any atom is 0.257 e. The average molecular weight is 458 g/mol. The highest BCUT2D eigenvalue weighted by atomic mass is 16.3. The van der Waals surface area contributed by atoms with E-state index in [9.17, 15) is 9.59 Å². The van der Waals surface area contributed by atoms with Gasteiger partial charge in [0.05, 0.1) is 11.8 Å². The van der Waals surface area contributed by atoms with Crippen LogP contribution in [0, 0.1) is 12.8 Å². The van der Waals surface area contributed by atoms with E-state index >= 15 is 0 Å². The molecule has 3 aromatic rings. The van der Waals surface area contributed by atoms with Crippen molar-refractivity contribution in [1.29, 1.82) is 0 Å². The molecule has 0 spiro atoms. The van der Waals surface area contributed by atoms with Crippen molar-refractivity contribution in [2.75, 3.05) is 20.1 Å². The van der Waals surface area contributed by atoms with Gasteiger partial charge in [0.25, 0.3) is 5.91 Å². The SMILES string of the molecule is Cc1occc1C(=O)N(C)[C@@H](Cc1ccccc1)C1CCN(C(=O)/C=C/c2ccncc2)CC1. The zero-order chi connectivity index (χ0) is 23.9. The summed E-state index contributed by atoms with van der Waals surface area (Å²) in [4.78, 5) is 33.8. The van der Waals surface area contributed by atoms with Crippen molar-refractivity contribution in [3.8, 4) is 0 Å². The van der Waals surface area contributed by atoms with Crippen molar-refractivity contribution in [3.63, 3.8) is 0 Å². The summed E-state index contributed by atoms with van der Waals surface area (Å²) in [7, 11) is 1.89. The van der Waals surface area contributed by atoms with Crippen molar-refractivity contribution >= 4 is 17.9 Å². The third kappa shape index (κ3) is 5.63. The van der Waals surface area contributed by atoms with Gasteiger partial charge in [0, 0.05) is 44.6 Å². The normalized spacial score (nSPS) is 15.4. The van der Waals surface area contributed by atoms with E-state index in [4.69, 9.17) is 4.42 Å². The van der Waals surface area contributed by atoms with E-state index in [0.717, 1.165) is 24.8 Å². The van der Waals surface area contributed by atoms with Crippen LogP contribution in [0.4, 0.5) is 0 Å². The predicted molar refractivity (Wildman–Crippen MR) is 132 cm³/mol. The number of amides is 2. The molecule has 34 heavy (non-hydrogen) atoms. The van der Waals surface area contributed by atoms with Crippen LogP contribution in [-0.2, 0) is 11.2 Å². The lowest BCUT2D eigenvalue weighted by molar-refractivity contribution is -0.127. The Morgan fingerprint density at radius 3 is 2.47 bits per heavy atom. The first-order valence-corrected chi connectivity index (χ1v) is 11.7. The highest BCUT2D eigenvalue weighted by Crippen LogP contribution is 2.28. The van der Waals surface area contributed by atoms with Crippen LogP contribution >= 0.6 is 0 Å². The van der Waals surface area contributed by atoms with Gasteiger partial charge in [0.1, 0.15) is 5.76 Å². The molecule has 1 atom stereocenters. The topological polar surface area (TPSA) is 66.7 Å². The molecule has 1 fully saturated rings. The van der Waals surface area contributed by atoms with E-state index in [1.807, 2.05) is 60.2 Å². The maximum atomic E-state index is 13.3. The Morgan fingerprint density at radius 2 is 1.82 bits per heavy atom. The molecule has 0 saturated carbocycles. The third-order valence-corrected chi connectivity index (χ3v) is 6.71. The number of likely N-dealkylation sites (N-methyl/N-ethyl adjacent to an activating group) is 1. The summed E-state index contributed by atoms with van der Waals surface area (Å²) in [6.45, 7) is 3.18. The molecule has 3 heterocycles. The van der Waals surface area contributed by atoms with Gasteiger partial charge in [-0.1, -0.05) is 30.3 Å². The molecule has 1 aromatic carbocycles. The number of aryl methyl sites for hydroxylation is 1. The van der Waals surface area contributed by atoms with Crippen LogP contribution in [0.5, 0.6) is 0 Å². The molecule has 0 radical (unpaired) electrons. The van der Waals surface area contributed by atoms with Gasteiger partial charge in [-0.3, -0.25) is 14.6 Å². The van der Waals surface area contributed by atoms with Gasteiger partial charge < -0.3 is 14.2 Å². The van der Waals surface area contributed by atoms with Crippen LogP contribution in [0.2, 0.25) is 0 Å². The standard InChI is InChI=1S/C28H31N3O3/c1-21-25(14-19-34-21)28(33)30(2)26(20-23-6-4-3-5-7-23)24-12-17-31(18-13-24)27(32)9-8-22-10-15-29-16-11-22/h3-11,14-16,19,24,26H,12-13,17-18,20H2,1-2H3/b9-8+/t26-/m0/s1. The fourth-order valence-electron chi connectivity index (χ4n) is 4.67. The van der Waals surface area contributed by atoms with Crippen molar-refractivity contribution in [1.82, 2.24) is 14.8 Å². The summed E-state index contributed by atoms with van der Waals surface area (Å²) < 4.78 is 5.37. The summed E-state index contributed by atoms with van der Waals surface area (Å²) >= 11 is 0. The van der Waals surface area contributed by atoms with Crippen molar-refractivity contribution < 1.29 is 14.0 Å². The summed E-state index contributed by atoms with van der Waals surface area (Å²) in [6.07, 6.45) is 10.9. The molecule has 1 saturated heterocycles. The first-order chi connectivity index (χ1) is 16.5. The van der Waals surface area contributed by atoms with Crippen LogP contribution in [-0.4, -0.2) is 52.8 Å². The number of piperidine rings is 1. The monoisotopic (exact) mass is 457 g/mol. The van der Waals surface area contributed by atoms with Gasteiger partial charge in [-0.2, -0.15) is 0 Å². The molecule has 1 aliphatic rings. The van der Waals surface area contributed by atoms with Crippen LogP contribution in [0.3, 0.4) is 0 Å². The first-order valence-electron chi connectivity index (χ1n) is 11.7. The minimum absolute atomic E-state index is 0.0216. The second-order valence-corrected chi connectivity index (χ2v) is 8.84. The van der Waals surface area contributed by atoms with E-state index in [-0.39, 0.29) is 17.9 Å². The second kappa shape index (κ2) is 11.0. The maximum absolute atomic E-state index is 13.3. The minimum Gasteiger partial charge on any atom is -0.469 e. The lowest BCUT2D eigenvalue weighted by atomic mass is 9.84. The van der Waals surface area contributed by atoms with Gasteiger partial charge in [0.15, 0.2) is 0 Å². The Morgan fingerprint density at radius 1 is 1.12 bits per heavy atom. The van der Waals surface area contributed by atoms with E-state index in [2.05, 4.69) is 17.1 Å². The number of nitrogens with zero attached hydrogens (tertiary/aromatic N) is 3. The Labute approximate surface area is 200 Å². The van der Waals surface area contributed by atoms with Gasteiger partial charge >= 0.3 is 0 Å². The molecule has 6 heteroatoms. The van der Waals surface area contributed by atoms with Crippen LogP contribution in [0.1, 0.15) is 40.1 Å². The fraction of sp³-hybridized carbons (Fsp3) is 0.321. The molecule has 0 bridgehead atoms. The number of likely N-dealkylation sites (tertiary alicyclic amines) is 1. The minimum atomic E-state index is -0.0222. The molecule has 4 rings (SSSR count). The summed E-state index contributed by atoms with van der Waals surface area (Å²) in [5.74, 6) is 0.936. The number of pyridine rings is 1. The molecule has 0 aliphatic carbocycles. The number of benzene rings is 1. The number of hydrogen-bond acceptors (Lipinski definition) is 4. The van der Waals surface area contributed by atoms with Gasteiger partial charge in [0.2, 0.25) is 5.91 Å². The van der Waals surface area contributed by atoms with Gasteiger partial charge in [-0.15, -0.1) is 0 Å². The van der Waals surface area contributed by atoms with Crippen molar-refractivity contribution in [3.05, 3.63) is 95.7 Å². The second-order valence-electron chi connectivity index (χ2n) is 8.84. The average Bonchev–Trinajstić information content (AvgIpc) is 3.32. The van der Waals surface area contributed by atoms with Crippen LogP contribution in [0.15, 0.2) is 77.7 Å². The molecule has 0 unspecified atom stereocenters. The number of furan rings is 1. The molecule has 1 aliphatic heterocycles. The molecule has 2 aromatic heterocycles. The Bertz CT molecular complexity index is 1120. The van der Waals surface area contributed by atoms with Crippen LogP contribution in [0.25, 0.3) is 6.08 Å². The highest BCUT2D eigenvalue weighted by Gasteiger charge is 2.33. The zero-order valence-electron chi connectivity index (χ0n) is 19.8. The lowest BCUT2D eigenvalue weighted by Crippen LogP contribution is -2.48. The molecular formula is C28H31N3O3. The smallest absolute Gasteiger partial charge is 0.257 e. The Kier molecular flexibility index (Phi) is 7.58. The molecular weight excluding hydrogens is 426 g/mol. The number of aromatic nitrogens is 1. The largest absolute Gasteiger partial charge is 0.469 e. The van der Waals surface area contributed by atoms with E-state index in [1.165, 1.54) is 5.56 Å². The van der Waals surface area contributed by atoms with Crippen molar-refractivity contribution in [2.45, 2.75) is 32.2 Å². The third-order valence-electron chi connectivity index (χ3n) is 6.71. The Balaban J connectivity index is 1.44. The molecule has 6 nitrogen and oxygen atoms in total. The van der Waals surface area contributed by atoms with Gasteiger partial charge in [-0.05, 0) is 67.5 Å². The fourth-order valence-corrected chi connectivity index (χ4v) is 4.67.